The maximum Gasteiger partial charge on any atom is 0.416 e. The molecule has 0 fully saturated rings. The van der Waals surface area contributed by atoms with Gasteiger partial charge in [-0.1, -0.05) is 6.07 Å². The van der Waals surface area contributed by atoms with Crippen molar-refractivity contribution < 1.29 is 17.6 Å². The van der Waals surface area contributed by atoms with Crippen LogP contribution in [0.2, 0.25) is 0 Å². The van der Waals surface area contributed by atoms with E-state index >= 15 is 0 Å². The van der Waals surface area contributed by atoms with E-state index < -0.39 is 17.6 Å². The number of guanidine groups is 1. The summed E-state index contributed by atoms with van der Waals surface area (Å²) in [6.45, 7) is 3.31. The molecule has 2 aromatic rings. The summed E-state index contributed by atoms with van der Waals surface area (Å²) < 4.78 is 54.3. The van der Waals surface area contributed by atoms with Crippen LogP contribution < -0.4 is 10.6 Å². The zero-order valence-corrected chi connectivity index (χ0v) is 18.0. The normalized spacial score (nSPS) is 11.9. The third-order valence-electron chi connectivity index (χ3n) is 4.09. The van der Waals surface area contributed by atoms with E-state index in [1.807, 2.05) is 13.1 Å². The molecule has 5 nitrogen and oxygen atoms in total. The molecule has 1 heterocycles. The molecule has 1 aromatic carbocycles. The van der Waals surface area contributed by atoms with E-state index in [1.54, 1.807) is 13.2 Å². The van der Waals surface area contributed by atoms with Gasteiger partial charge in [0.05, 0.1) is 5.56 Å². The molecular formula is C18H24F4IN5. The Hall–Kier alpha value is -1.85. The Morgan fingerprint density at radius 1 is 1.21 bits per heavy atom. The van der Waals surface area contributed by atoms with Crippen LogP contribution in [0.5, 0.6) is 0 Å². The summed E-state index contributed by atoms with van der Waals surface area (Å²) in [6.07, 6.45) is 0.857. The molecule has 0 bridgehead atoms. The first kappa shape index (κ1) is 24.2. The van der Waals surface area contributed by atoms with Gasteiger partial charge in [-0.3, -0.25) is 4.99 Å². The number of hydrogen-bond donors (Lipinski definition) is 2. The first-order chi connectivity index (χ1) is 12.8. The lowest BCUT2D eigenvalue weighted by atomic mass is 10.1. The van der Waals surface area contributed by atoms with Crippen molar-refractivity contribution in [2.75, 3.05) is 13.6 Å². The second kappa shape index (κ2) is 11.2. The average molecular weight is 513 g/mol. The number of aliphatic imine (C=N–C) groups is 1. The van der Waals surface area contributed by atoms with Gasteiger partial charge in [-0.05, 0) is 37.5 Å². The fraction of sp³-hybridized carbons (Fsp3) is 0.444. The van der Waals surface area contributed by atoms with Crippen molar-refractivity contribution in [3.8, 4) is 0 Å². The Bertz CT molecular complexity index is 774. The van der Waals surface area contributed by atoms with Crippen molar-refractivity contribution in [3.05, 3.63) is 53.4 Å². The maximum absolute atomic E-state index is 13.1. The molecule has 0 radical (unpaired) electrons. The van der Waals surface area contributed by atoms with Crippen molar-refractivity contribution in [1.82, 2.24) is 20.2 Å². The van der Waals surface area contributed by atoms with E-state index in [0.29, 0.717) is 18.6 Å². The highest BCUT2D eigenvalue weighted by Gasteiger charge is 2.33. The molecule has 2 N–H and O–H groups in total. The van der Waals surface area contributed by atoms with E-state index in [0.717, 1.165) is 37.3 Å². The fourth-order valence-electron chi connectivity index (χ4n) is 2.62. The van der Waals surface area contributed by atoms with Crippen molar-refractivity contribution in [1.29, 1.82) is 0 Å². The monoisotopic (exact) mass is 513 g/mol. The number of aromatic nitrogens is 2. The summed E-state index contributed by atoms with van der Waals surface area (Å²) in [6, 6.07) is 2.65. The minimum absolute atomic E-state index is 0. The molecular weight excluding hydrogens is 489 g/mol. The van der Waals surface area contributed by atoms with Crippen LogP contribution in [0.1, 0.15) is 29.8 Å². The van der Waals surface area contributed by atoms with Crippen LogP contribution in [0.4, 0.5) is 17.6 Å². The molecule has 2 rings (SSSR count). The highest BCUT2D eigenvalue weighted by molar-refractivity contribution is 14.0. The van der Waals surface area contributed by atoms with Gasteiger partial charge >= 0.3 is 6.18 Å². The summed E-state index contributed by atoms with van der Waals surface area (Å²) in [7, 11) is 1.54. The molecule has 156 valence electrons. The van der Waals surface area contributed by atoms with Crippen LogP contribution in [-0.2, 0) is 19.3 Å². The van der Waals surface area contributed by atoms with Gasteiger partial charge in [0.2, 0.25) is 0 Å². The summed E-state index contributed by atoms with van der Waals surface area (Å²) in [5.74, 6) is 0.438. The van der Waals surface area contributed by atoms with Gasteiger partial charge in [-0.25, -0.2) is 9.37 Å². The van der Waals surface area contributed by atoms with Crippen LogP contribution >= 0.6 is 24.0 Å². The van der Waals surface area contributed by atoms with E-state index in [4.69, 9.17) is 0 Å². The lowest BCUT2D eigenvalue weighted by molar-refractivity contribution is -0.138. The third-order valence-corrected chi connectivity index (χ3v) is 4.09. The molecule has 0 spiro atoms. The number of benzene rings is 1. The standard InChI is InChI=1S/C18H23F4N5.HI/c1-13-24-8-10-27(13)9-4-3-7-25-17(23-2)26-12-14-5-6-15(19)11-16(14)18(20,21)22;/h5-6,8,10-11H,3-4,7,9,12H2,1-2H3,(H2,23,25,26);1H. The Balaban J connectivity index is 0.00000392. The number of rotatable bonds is 7. The number of halogens is 5. The Morgan fingerprint density at radius 3 is 2.57 bits per heavy atom. The van der Waals surface area contributed by atoms with Gasteiger partial charge in [-0.15, -0.1) is 24.0 Å². The van der Waals surface area contributed by atoms with Gasteiger partial charge in [0, 0.05) is 39.1 Å². The number of alkyl halides is 3. The third kappa shape index (κ3) is 7.28. The molecule has 0 unspecified atom stereocenters. The lowest BCUT2D eigenvalue weighted by Crippen LogP contribution is -2.37. The minimum atomic E-state index is -4.61. The van der Waals surface area contributed by atoms with E-state index in [2.05, 4.69) is 25.2 Å². The molecule has 0 saturated carbocycles. The van der Waals surface area contributed by atoms with Crippen molar-refractivity contribution in [3.63, 3.8) is 0 Å². The number of imidazole rings is 1. The van der Waals surface area contributed by atoms with Crippen molar-refractivity contribution in [2.24, 2.45) is 4.99 Å². The molecule has 10 heteroatoms. The minimum Gasteiger partial charge on any atom is -0.356 e. The number of nitrogens with zero attached hydrogens (tertiary/aromatic N) is 3. The summed E-state index contributed by atoms with van der Waals surface area (Å²) in [5.41, 5.74) is -1.02. The first-order valence-corrected chi connectivity index (χ1v) is 8.59. The van der Waals surface area contributed by atoms with E-state index in [1.165, 1.54) is 0 Å². The van der Waals surface area contributed by atoms with Gasteiger partial charge in [0.1, 0.15) is 11.6 Å². The van der Waals surface area contributed by atoms with Crippen LogP contribution in [0, 0.1) is 12.7 Å². The van der Waals surface area contributed by atoms with Gasteiger partial charge in [0.25, 0.3) is 0 Å². The van der Waals surface area contributed by atoms with Crippen molar-refractivity contribution >= 4 is 29.9 Å². The highest BCUT2D eigenvalue weighted by Crippen LogP contribution is 2.32. The van der Waals surface area contributed by atoms with Gasteiger partial charge < -0.3 is 15.2 Å². The lowest BCUT2D eigenvalue weighted by Gasteiger charge is -2.16. The van der Waals surface area contributed by atoms with E-state index in [-0.39, 0.29) is 36.1 Å². The second-order valence-corrected chi connectivity index (χ2v) is 6.03. The first-order valence-electron chi connectivity index (χ1n) is 8.59. The summed E-state index contributed by atoms with van der Waals surface area (Å²) in [4.78, 5) is 8.15. The van der Waals surface area contributed by atoms with Crippen LogP contribution in [-0.4, -0.2) is 29.1 Å². The Kier molecular flexibility index (Phi) is 9.70. The quantitative estimate of drug-likeness (QED) is 0.193. The van der Waals surface area contributed by atoms with Gasteiger partial charge in [-0.2, -0.15) is 13.2 Å². The maximum atomic E-state index is 13.1. The molecule has 0 saturated heterocycles. The second-order valence-electron chi connectivity index (χ2n) is 6.03. The largest absolute Gasteiger partial charge is 0.416 e. The SMILES string of the molecule is CN=C(NCCCCn1ccnc1C)NCc1ccc(F)cc1C(F)(F)F.I. The Labute approximate surface area is 178 Å². The number of unbranched alkanes of at least 4 members (excludes halogenated alkanes) is 1. The molecule has 28 heavy (non-hydrogen) atoms. The molecule has 0 aliphatic rings. The van der Waals surface area contributed by atoms with Crippen LogP contribution in [0.3, 0.4) is 0 Å². The zero-order valence-electron chi connectivity index (χ0n) is 15.7. The smallest absolute Gasteiger partial charge is 0.356 e. The van der Waals surface area contributed by atoms with Crippen LogP contribution in [0.25, 0.3) is 0 Å². The van der Waals surface area contributed by atoms with Crippen molar-refractivity contribution in [2.45, 2.75) is 39.0 Å². The highest BCUT2D eigenvalue weighted by atomic mass is 127. The molecule has 0 amide bonds. The molecule has 1 aromatic heterocycles. The predicted octanol–water partition coefficient (Wildman–Crippen LogP) is 4.11. The van der Waals surface area contributed by atoms with Crippen LogP contribution in [0.15, 0.2) is 35.6 Å². The molecule has 0 aliphatic heterocycles. The topological polar surface area (TPSA) is 54.2 Å². The number of nitrogens with one attached hydrogen (secondary N) is 2. The molecule has 0 aliphatic carbocycles. The molecule has 0 atom stereocenters. The summed E-state index contributed by atoms with van der Waals surface area (Å²) in [5, 5.41) is 5.90. The fourth-order valence-corrected chi connectivity index (χ4v) is 2.62. The Morgan fingerprint density at radius 2 is 1.96 bits per heavy atom. The predicted molar refractivity (Wildman–Crippen MR) is 111 cm³/mol. The van der Waals surface area contributed by atoms with E-state index in [9.17, 15) is 17.6 Å². The zero-order chi connectivity index (χ0) is 19.9. The summed E-state index contributed by atoms with van der Waals surface area (Å²) >= 11 is 0. The average Bonchev–Trinajstić information content (AvgIpc) is 3.02. The number of hydrogen-bond acceptors (Lipinski definition) is 2. The van der Waals surface area contributed by atoms with Gasteiger partial charge in [0.15, 0.2) is 5.96 Å². The number of aryl methyl sites for hydroxylation is 2.